The standard InChI is InChI=1S/C15H22N2O3S/c1-3-10-17(13-4-5-13)21(18,19)15-7-6-14(20-2)11-12(15)8-9-16/h3,6-7,11,13H,1,4-5,8-10,16H2,2H3. The lowest BCUT2D eigenvalue weighted by atomic mass is 10.1. The first-order valence-corrected chi connectivity index (χ1v) is 8.48. The molecule has 0 aromatic heterocycles. The van der Waals surface area contributed by atoms with Gasteiger partial charge in [-0.1, -0.05) is 6.08 Å². The van der Waals surface area contributed by atoms with Gasteiger partial charge in [-0.05, 0) is 49.6 Å². The van der Waals surface area contributed by atoms with E-state index in [0.29, 0.717) is 35.7 Å². The van der Waals surface area contributed by atoms with Crippen LogP contribution in [0.3, 0.4) is 0 Å². The molecule has 1 saturated carbocycles. The zero-order chi connectivity index (χ0) is 15.5. The molecule has 6 heteroatoms. The van der Waals surface area contributed by atoms with Crippen molar-refractivity contribution < 1.29 is 13.2 Å². The van der Waals surface area contributed by atoms with Crippen LogP contribution in [-0.2, 0) is 16.4 Å². The molecule has 0 bridgehead atoms. The molecule has 116 valence electrons. The fourth-order valence-electron chi connectivity index (χ4n) is 2.34. The largest absolute Gasteiger partial charge is 0.497 e. The molecule has 0 radical (unpaired) electrons. The van der Waals surface area contributed by atoms with E-state index in [1.165, 1.54) is 4.31 Å². The monoisotopic (exact) mass is 310 g/mol. The van der Waals surface area contributed by atoms with Gasteiger partial charge in [-0.3, -0.25) is 0 Å². The predicted octanol–water partition coefficient (Wildman–Crippen LogP) is 1.54. The first-order chi connectivity index (χ1) is 10.0. The minimum absolute atomic E-state index is 0.0980. The van der Waals surface area contributed by atoms with Crippen molar-refractivity contribution in [2.24, 2.45) is 5.73 Å². The lowest BCUT2D eigenvalue weighted by molar-refractivity contribution is 0.413. The number of nitrogens with two attached hydrogens (primary N) is 1. The van der Waals surface area contributed by atoms with Crippen molar-refractivity contribution in [2.45, 2.75) is 30.2 Å². The van der Waals surface area contributed by atoms with Crippen LogP contribution in [0.15, 0.2) is 35.7 Å². The summed E-state index contributed by atoms with van der Waals surface area (Å²) in [5.41, 5.74) is 6.31. The maximum Gasteiger partial charge on any atom is 0.243 e. The smallest absolute Gasteiger partial charge is 0.243 e. The van der Waals surface area contributed by atoms with Crippen LogP contribution in [-0.4, -0.2) is 39.0 Å². The summed E-state index contributed by atoms with van der Waals surface area (Å²) in [6.07, 6.45) is 3.95. The van der Waals surface area contributed by atoms with Crippen LogP contribution in [0.25, 0.3) is 0 Å². The van der Waals surface area contributed by atoms with E-state index >= 15 is 0 Å². The van der Waals surface area contributed by atoms with Crippen LogP contribution in [0, 0.1) is 0 Å². The number of benzene rings is 1. The Bertz CT molecular complexity index is 609. The second kappa shape index (κ2) is 6.60. The number of hydrogen-bond acceptors (Lipinski definition) is 4. The van der Waals surface area contributed by atoms with Gasteiger partial charge in [0.25, 0.3) is 0 Å². The molecule has 1 aromatic rings. The SMILES string of the molecule is C=CCN(C1CC1)S(=O)(=O)c1ccc(OC)cc1CCN. The topological polar surface area (TPSA) is 72.6 Å². The molecule has 1 fully saturated rings. The Morgan fingerprint density at radius 1 is 1.48 bits per heavy atom. The van der Waals surface area contributed by atoms with Crippen LogP contribution in [0.1, 0.15) is 18.4 Å². The summed E-state index contributed by atoms with van der Waals surface area (Å²) < 4.78 is 32.5. The first kappa shape index (κ1) is 16.0. The molecule has 2 N–H and O–H groups in total. The molecule has 0 atom stereocenters. The van der Waals surface area contributed by atoms with E-state index in [-0.39, 0.29) is 6.04 Å². The Balaban J connectivity index is 2.44. The zero-order valence-electron chi connectivity index (χ0n) is 12.3. The first-order valence-electron chi connectivity index (χ1n) is 7.04. The highest BCUT2D eigenvalue weighted by molar-refractivity contribution is 7.89. The Morgan fingerprint density at radius 3 is 2.71 bits per heavy atom. The van der Waals surface area contributed by atoms with Gasteiger partial charge in [0.2, 0.25) is 10.0 Å². The van der Waals surface area contributed by atoms with Gasteiger partial charge >= 0.3 is 0 Å². The predicted molar refractivity (Wildman–Crippen MR) is 82.9 cm³/mol. The highest BCUT2D eigenvalue weighted by Gasteiger charge is 2.38. The zero-order valence-corrected chi connectivity index (χ0v) is 13.1. The molecule has 0 saturated heterocycles. The number of nitrogens with zero attached hydrogens (tertiary/aromatic N) is 1. The number of hydrogen-bond donors (Lipinski definition) is 1. The highest BCUT2D eigenvalue weighted by Crippen LogP contribution is 2.33. The lowest BCUT2D eigenvalue weighted by Gasteiger charge is -2.22. The molecular formula is C15H22N2O3S. The number of sulfonamides is 1. The molecule has 0 spiro atoms. The van der Waals surface area contributed by atoms with Gasteiger partial charge in [-0.25, -0.2) is 8.42 Å². The van der Waals surface area contributed by atoms with Crippen molar-refractivity contribution in [1.82, 2.24) is 4.31 Å². The van der Waals surface area contributed by atoms with Crippen molar-refractivity contribution in [3.8, 4) is 5.75 Å². The molecule has 1 aliphatic carbocycles. The summed E-state index contributed by atoms with van der Waals surface area (Å²) >= 11 is 0. The molecule has 0 amide bonds. The van der Waals surface area contributed by atoms with E-state index in [2.05, 4.69) is 6.58 Å². The number of rotatable bonds is 8. The summed E-state index contributed by atoms with van der Waals surface area (Å²) in [7, 11) is -1.97. The highest BCUT2D eigenvalue weighted by atomic mass is 32.2. The molecule has 2 rings (SSSR count). The summed E-state index contributed by atoms with van der Waals surface area (Å²) in [5.74, 6) is 0.638. The third-order valence-corrected chi connectivity index (χ3v) is 5.55. The Morgan fingerprint density at radius 2 is 2.19 bits per heavy atom. The van der Waals surface area contributed by atoms with Gasteiger partial charge in [0.15, 0.2) is 0 Å². The van der Waals surface area contributed by atoms with E-state index in [1.807, 2.05) is 0 Å². The van der Waals surface area contributed by atoms with Crippen molar-refractivity contribution in [1.29, 1.82) is 0 Å². The summed E-state index contributed by atoms with van der Waals surface area (Å²) in [6.45, 7) is 4.38. The second-order valence-corrected chi connectivity index (χ2v) is 6.97. The van der Waals surface area contributed by atoms with Crippen LogP contribution >= 0.6 is 0 Å². The molecular weight excluding hydrogens is 288 g/mol. The van der Waals surface area contributed by atoms with E-state index < -0.39 is 10.0 Å². The quantitative estimate of drug-likeness (QED) is 0.739. The average Bonchev–Trinajstić information content (AvgIpc) is 3.29. The van der Waals surface area contributed by atoms with Crippen molar-refractivity contribution in [2.75, 3.05) is 20.2 Å². The van der Waals surface area contributed by atoms with E-state index in [1.54, 1.807) is 31.4 Å². The Labute approximate surface area is 126 Å². The molecule has 21 heavy (non-hydrogen) atoms. The Hall–Kier alpha value is -1.37. The number of ether oxygens (including phenoxy) is 1. The third-order valence-electron chi connectivity index (χ3n) is 3.53. The van der Waals surface area contributed by atoms with Gasteiger partial charge in [0.05, 0.1) is 12.0 Å². The summed E-state index contributed by atoms with van der Waals surface area (Å²) in [6, 6.07) is 5.13. The van der Waals surface area contributed by atoms with Gasteiger partial charge < -0.3 is 10.5 Å². The second-order valence-electron chi connectivity index (χ2n) is 5.11. The number of methoxy groups -OCH3 is 1. The van der Waals surface area contributed by atoms with Crippen LogP contribution in [0.2, 0.25) is 0 Å². The van der Waals surface area contributed by atoms with Gasteiger partial charge in [-0.2, -0.15) is 4.31 Å². The summed E-state index contributed by atoms with van der Waals surface area (Å²) in [5, 5.41) is 0. The van der Waals surface area contributed by atoms with Crippen molar-refractivity contribution >= 4 is 10.0 Å². The van der Waals surface area contributed by atoms with E-state index in [9.17, 15) is 8.42 Å². The van der Waals surface area contributed by atoms with Crippen LogP contribution < -0.4 is 10.5 Å². The van der Waals surface area contributed by atoms with Gasteiger partial charge in [-0.15, -0.1) is 6.58 Å². The fourth-order valence-corrected chi connectivity index (χ4v) is 4.23. The normalized spacial score (nSPS) is 15.2. The lowest BCUT2D eigenvalue weighted by Crippen LogP contribution is -2.34. The van der Waals surface area contributed by atoms with Crippen molar-refractivity contribution in [3.63, 3.8) is 0 Å². The molecule has 0 unspecified atom stereocenters. The van der Waals surface area contributed by atoms with Gasteiger partial charge in [0, 0.05) is 12.6 Å². The average molecular weight is 310 g/mol. The minimum Gasteiger partial charge on any atom is -0.497 e. The maximum atomic E-state index is 12.9. The van der Waals surface area contributed by atoms with Gasteiger partial charge in [0.1, 0.15) is 5.75 Å². The van der Waals surface area contributed by atoms with E-state index in [4.69, 9.17) is 10.5 Å². The fraction of sp³-hybridized carbons (Fsp3) is 0.467. The molecule has 0 heterocycles. The van der Waals surface area contributed by atoms with Crippen LogP contribution in [0.5, 0.6) is 5.75 Å². The Kier molecular flexibility index (Phi) is 5.03. The summed E-state index contributed by atoms with van der Waals surface area (Å²) in [4.78, 5) is 0.322. The molecule has 5 nitrogen and oxygen atoms in total. The minimum atomic E-state index is -3.53. The van der Waals surface area contributed by atoms with E-state index in [0.717, 1.165) is 12.8 Å². The molecule has 1 aromatic carbocycles. The van der Waals surface area contributed by atoms with Crippen molar-refractivity contribution in [3.05, 3.63) is 36.4 Å². The van der Waals surface area contributed by atoms with Crippen LogP contribution in [0.4, 0.5) is 0 Å². The molecule has 0 aliphatic heterocycles. The molecule has 1 aliphatic rings. The maximum absolute atomic E-state index is 12.9. The third kappa shape index (κ3) is 3.45.